The molecule has 1 saturated carbocycles. The number of hydrogen-bond donors (Lipinski definition) is 1. The molecule has 1 aliphatic carbocycles. The molecule has 0 atom stereocenters. The summed E-state index contributed by atoms with van der Waals surface area (Å²) in [6, 6.07) is 4.10. The highest BCUT2D eigenvalue weighted by Crippen LogP contribution is 2.22. The molecule has 0 aromatic carbocycles. The molecular formula is C15H17N7O. The van der Waals surface area contributed by atoms with Crippen molar-refractivity contribution < 1.29 is 4.74 Å². The van der Waals surface area contributed by atoms with Crippen molar-refractivity contribution in [3.05, 3.63) is 24.5 Å². The van der Waals surface area contributed by atoms with Crippen LogP contribution in [-0.2, 0) is 0 Å². The third-order valence-corrected chi connectivity index (χ3v) is 4.05. The molecule has 0 bridgehead atoms. The highest BCUT2D eigenvalue weighted by Gasteiger charge is 2.17. The van der Waals surface area contributed by atoms with E-state index in [4.69, 9.17) is 4.74 Å². The summed E-state index contributed by atoms with van der Waals surface area (Å²) in [5.41, 5.74) is 1.28. The summed E-state index contributed by atoms with van der Waals surface area (Å²) in [5.74, 6) is 1.94. The van der Waals surface area contributed by atoms with Gasteiger partial charge in [0.1, 0.15) is 5.75 Å². The Morgan fingerprint density at radius 2 is 2.04 bits per heavy atom. The molecule has 3 heterocycles. The van der Waals surface area contributed by atoms with Crippen LogP contribution in [0.2, 0.25) is 0 Å². The van der Waals surface area contributed by atoms with Gasteiger partial charge in [0, 0.05) is 6.04 Å². The minimum absolute atomic E-state index is 0.455. The number of ether oxygens (including phenoxy) is 1. The van der Waals surface area contributed by atoms with Gasteiger partial charge in [-0.3, -0.25) is 0 Å². The zero-order chi connectivity index (χ0) is 15.6. The van der Waals surface area contributed by atoms with Crippen LogP contribution >= 0.6 is 0 Å². The molecule has 0 aliphatic heterocycles. The summed E-state index contributed by atoms with van der Waals surface area (Å²) in [4.78, 5) is 13.2. The van der Waals surface area contributed by atoms with Crippen molar-refractivity contribution in [2.24, 2.45) is 0 Å². The molecule has 3 aromatic rings. The van der Waals surface area contributed by atoms with E-state index in [9.17, 15) is 0 Å². The van der Waals surface area contributed by atoms with Crippen LogP contribution in [0.25, 0.3) is 17.0 Å². The fraction of sp³-hybridized carbons (Fsp3) is 0.400. The van der Waals surface area contributed by atoms with E-state index >= 15 is 0 Å². The van der Waals surface area contributed by atoms with E-state index in [-0.39, 0.29) is 0 Å². The van der Waals surface area contributed by atoms with E-state index in [1.165, 1.54) is 25.7 Å². The summed E-state index contributed by atoms with van der Waals surface area (Å²) in [6.07, 6.45) is 8.18. The number of nitrogens with one attached hydrogen (secondary N) is 1. The minimum atomic E-state index is 0.455. The summed E-state index contributed by atoms with van der Waals surface area (Å²) >= 11 is 0. The Bertz CT molecular complexity index is 808. The topological polar surface area (TPSA) is 90.6 Å². The average molecular weight is 311 g/mol. The first-order valence-electron chi connectivity index (χ1n) is 7.69. The number of nitrogens with zero attached hydrogens (tertiary/aromatic N) is 6. The summed E-state index contributed by atoms with van der Waals surface area (Å²) in [7, 11) is 1.61. The maximum Gasteiger partial charge on any atom is 0.225 e. The van der Waals surface area contributed by atoms with Gasteiger partial charge in [-0.05, 0) is 25.0 Å². The molecule has 4 rings (SSSR count). The van der Waals surface area contributed by atoms with E-state index < -0.39 is 0 Å². The third-order valence-electron chi connectivity index (χ3n) is 4.05. The highest BCUT2D eigenvalue weighted by atomic mass is 16.5. The Labute approximate surface area is 132 Å². The van der Waals surface area contributed by atoms with E-state index in [0.717, 1.165) is 0 Å². The van der Waals surface area contributed by atoms with Crippen molar-refractivity contribution in [1.29, 1.82) is 0 Å². The normalized spacial score (nSPS) is 15.2. The molecule has 8 heteroatoms. The molecule has 1 aliphatic rings. The Morgan fingerprint density at radius 1 is 1.17 bits per heavy atom. The van der Waals surface area contributed by atoms with Crippen LogP contribution in [0.15, 0.2) is 24.5 Å². The second-order valence-corrected chi connectivity index (χ2v) is 5.59. The number of anilines is 1. The summed E-state index contributed by atoms with van der Waals surface area (Å²) in [5, 5.41) is 11.6. The zero-order valence-corrected chi connectivity index (χ0v) is 12.8. The van der Waals surface area contributed by atoms with E-state index in [2.05, 4.69) is 30.6 Å². The summed E-state index contributed by atoms with van der Waals surface area (Å²) in [6.45, 7) is 0. The monoisotopic (exact) mass is 311 g/mol. The number of methoxy groups -OCH3 is 1. The van der Waals surface area contributed by atoms with Crippen molar-refractivity contribution in [1.82, 2.24) is 29.9 Å². The first-order chi connectivity index (χ1) is 11.3. The van der Waals surface area contributed by atoms with Gasteiger partial charge in [0.05, 0.1) is 19.5 Å². The molecule has 0 unspecified atom stereocenters. The smallest absolute Gasteiger partial charge is 0.225 e. The Balaban J connectivity index is 1.68. The molecule has 0 spiro atoms. The molecule has 118 valence electrons. The molecule has 1 N–H and O–H groups in total. The quantitative estimate of drug-likeness (QED) is 0.787. The van der Waals surface area contributed by atoms with Gasteiger partial charge < -0.3 is 10.1 Å². The van der Waals surface area contributed by atoms with Gasteiger partial charge in [0.15, 0.2) is 17.0 Å². The van der Waals surface area contributed by atoms with Gasteiger partial charge in [-0.25, -0.2) is 9.97 Å². The van der Waals surface area contributed by atoms with Gasteiger partial charge in [-0.2, -0.15) is 9.67 Å². The van der Waals surface area contributed by atoms with Crippen LogP contribution in [-0.4, -0.2) is 43.1 Å². The fourth-order valence-electron chi connectivity index (χ4n) is 2.82. The molecule has 8 nitrogen and oxygen atoms in total. The van der Waals surface area contributed by atoms with Gasteiger partial charge in [-0.15, -0.1) is 5.10 Å². The Kier molecular flexibility index (Phi) is 3.49. The Morgan fingerprint density at radius 3 is 2.78 bits per heavy atom. The maximum absolute atomic E-state index is 5.12. The van der Waals surface area contributed by atoms with Crippen LogP contribution in [0.5, 0.6) is 5.75 Å². The molecular weight excluding hydrogens is 294 g/mol. The first kappa shape index (κ1) is 13.9. The molecule has 0 amide bonds. The van der Waals surface area contributed by atoms with Gasteiger partial charge in [-0.1, -0.05) is 18.1 Å². The van der Waals surface area contributed by atoms with Crippen LogP contribution in [0.1, 0.15) is 25.7 Å². The van der Waals surface area contributed by atoms with Gasteiger partial charge >= 0.3 is 0 Å². The predicted octanol–water partition coefficient (Wildman–Crippen LogP) is 1.97. The zero-order valence-electron chi connectivity index (χ0n) is 12.8. The second kappa shape index (κ2) is 5.79. The van der Waals surface area contributed by atoms with E-state index in [0.29, 0.717) is 34.7 Å². The van der Waals surface area contributed by atoms with Crippen LogP contribution in [0.4, 0.5) is 5.95 Å². The lowest BCUT2D eigenvalue weighted by molar-refractivity contribution is 0.412. The Hall–Kier alpha value is -2.77. The van der Waals surface area contributed by atoms with Crippen LogP contribution in [0.3, 0.4) is 0 Å². The molecule has 0 radical (unpaired) electrons. The minimum Gasteiger partial charge on any atom is -0.495 e. The molecule has 0 saturated heterocycles. The molecule has 3 aromatic heterocycles. The standard InChI is InChI=1S/C15H17N7O/c1-23-11-6-7-13(16-8-11)22-14-12(20-21-22)9-17-15(19-14)18-10-4-2-3-5-10/h6-10H,2-5H2,1H3,(H,17,18,19). The maximum atomic E-state index is 5.12. The number of aromatic nitrogens is 6. The van der Waals surface area contributed by atoms with E-state index in [1.807, 2.05) is 12.1 Å². The second-order valence-electron chi connectivity index (χ2n) is 5.59. The number of rotatable bonds is 4. The summed E-state index contributed by atoms with van der Waals surface area (Å²) < 4.78 is 6.73. The van der Waals surface area contributed by atoms with Crippen molar-refractivity contribution in [3.63, 3.8) is 0 Å². The van der Waals surface area contributed by atoms with Crippen LogP contribution in [0, 0.1) is 0 Å². The third kappa shape index (κ3) is 2.67. The van der Waals surface area contributed by atoms with Crippen molar-refractivity contribution in [2.75, 3.05) is 12.4 Å². The number of pyridine rings is 1. The van der Waals surface area contributed by atoms with Gasteiger partial charge in [0.25, 0.3) is 0 Å². The highest BCUT2D eigenvalue weighted by molar-refractivity contribution is 5.71. The number of fused-ring (bicyclic) bond motifs is 1. The van der Waals surface area contributed by atoms with Gasteiger partial charge in [0.2, 0.25) is 5.95 Å². The fourth-order valence-corrected chi connectivity index (χ4v) is 2.82. The van der Waals surface area contributed by atoms with E-state index in [1.54, 1.807) is 24.2 Å². The van der Waals surface area contributed by atoms with Crippen LogP contribution < -0.4 is 10.1 Å². The first-order valence-corrected chi connectivity index (χ1v) is 7.69. The largest absolute Gasteiger partial charge is 0.495 e. The van der Waals surface area contributed by atoms with Crippen molar-refractivity contribution >= 4 is 17.1 Å². The van der Waals surface area contributed by atoms with Crippen molar-refractivity contribution in [2.45, 2.75) is 31.7 Å². The lowest BCUT2D eigenvalue weighted by atomic mass is 10.2. The SMILES string of the molecule is COc1ccc(-n2nnc3cnc(NC4CCCC4)nc32)nc1. The predicted molar refractivity (Wildman–Crippen MR) is 84.7 cm³/mol. The lowest BCUT2D eigenvalue weighted by Gasteiger charge is -2.11. The number of hydrogen-bond acceptors (Lipinski definition) is 7. The molecule has 1 fully saturated rings. The molecule has 23 heavy (non-hydrogen) atoms. The van der Waals surface area contributed by atoms with Crippen molar-refractivity contribution in [3.8, 4) is 11.6 Å². The average Bonchev–Trinajstić information content (AvgIpc) is 3.24. The lowest BCUT2D eigenvalue weighted by Crippen LogP contribution is -2.16.